The number of carbonyl (C=O) groups is 2. The van der Waals surface area contributed by atoms with E-state index in [4.69, 9.17) is 4.55 Å². The average molecular weight is 362 g/mol. The van der Waals surface area contributed by atoms with Gasteiger partial charge in [0.1, 0.15) is 0 Å². The van der Waals surface area contributed by atoms with E-state index in [9.17, 15) is 18.0 Å². The molecule has 0 aliphatic carbocycles. The summed E-state index contributed by atoms with van der Waals surface area (Å²) in [5, 5.41) is 2.58. The van der Waals surface area contributed by atoms with E-state index in [0.717, 1.165) is 12.8 Å². The first-order valence-corrected chi connectivity index (χ1v) is 9.45. The van der Waals surface area contributed by atoms with Crippen molar-refractivity contribution in [2.45, 2.75) is 57.3 Å². The van der Waals surface area contributed by atoms with Crippen LogP contribution in [0.5, 0.6) is 0 Å². The molecule has 3 aliphatic rings. The van der Waals surface area contributed by atoms with E-state index in [1.54, 1.807) is 6.92 Å². The van der Waals surface area contributed by atoms with Gasteiger partial charge < -0.3 is 0 Å². The molecule has 11 heteroatoms. The Morgan fingerprint density at radius 1 is 1.33 bits per heavy atom. The molecule has 0 aromatic carbocycles. The maximum Gasteiger partial charge on any atom is 0.413 e. The van der Waals surface area contributed by atoms with Crippen LogP contribution in [0.4, 0.5) is 0 Å². The van der Waals surface area contributed by atoms with Crippen molar-refractivity contribution in [1.82, 2.24) is 20.4 Å². The molecule has 0 spiro atoms. The fourth-order valence-electron chi connectivity index (χ4n) is 3.70. The van der Waals surface area contributed by atoms with E-state index < -0.39 is 22.6 Å². The van der Waals surface area contributed by atoms with Crippen molar-refractivity contribution in [3.05, 3.63) is 0 Å². The molecular weight excluding hydrogens is 340 g/mol. The molecule has 3 fully saturated rings. The van der Waals surface area contributed by atoms with Crippen molar-refractivity contribution in [2.24, 2.45) is 0 Å². The number of nitrogens with zero attached hydrogens (tertiary/aromatic N) is 3. The summed E-state index contributed by atoms with van der Waals surface area (Å²) in [6, 6.07) is -0.677. The number of nitrogens with one attached hydrogen (secondary N) is 1. The van der Waals surface area contributed by atoms with Crippen LogP contribution >= 0.6 is 0 Å². The lowest BCUT2D eigenvalue weighted by atomic mass is 10.0. The fraction of sp³-hybridized carbons (Fsp3) is 0.846. The van der Waals surface area contributed by atoms with Gasteiger partial charge in [-0.15, -0.1) is 5.06 Å². The molecular formula is C13H22N4O6S. The van der Waals surface area contributed by atoms with E-state index in [1.165, 1.54) is 10.1 Å². The fourth-order valence-corrected chi connectivity index (χ4v) is 4.16. The summed E-state index contributed by atoms with van der Waals surface area (Å²) >= 11 is 0. The maximum absolute atomic E-state index is 12.6. The third-order valence-electron chi connectivity index (χ3n) is 4.85. The summed E-state index contributed by atoms with van der Waals surface area (Å²) in [5.41, 5.74) is 2.68. The summed E-state index contributed by atoms with van der Waals surface area (Å²) in [7, 11) is -4.60. The minimum absolute atomic E-state index is 0.0888. The first-order valence-electron chi connectivity index (χ1n) is 8.08. The molecule has 2 amide bonds. The Kier molecular flexibility index (Phi) is 4.80. The zero-order valence-electron chi connectivity index (χ0n) is 13.4. The number of hydroxylamine groups is 2. The molecule has 0 aromatic heterocycles. The van der Waals surface area contributed by atoms with E-state index in [2.05, 4.69) is 9.71 Å². The highest BCUT2D eigenvalue weighted by Gasteiger charge is 2.48. The molecule has 2 N–H and O–H groups in total. The molecule has 0 radical (unpaired) electrons. The third kappa shape index (κ3) is 3.54. The molecule has 3 saturated heterocycles. The lowest BCUT2D eigenvalue weighted by Crippen LogP contribution is -2.57. The molecule has 2 bridgehead atoms. The van der Waals surface area contributed by atoms with Crippen LogP contribution in [0.1, 0.15) is 39.0 Å². The Hall–Kier alpha value is -1.27. The van der Waals surface area contributed by atoms with Crippen molar-refractivity contribution in [1.29, 1.82) is 0 Å². The largest absolute Gasteiger partial charge is 0.413 e. The summed E-state index contributed by atoms with van der Waals surface area (Å²) in [6.45, 7) is 2.68. The van der Waals surface area contributed by atoms with Gasteiger partial charge in [0.25, 0.3) is 5.91 Å². The second kappa shape index (κ2) is 6.56. The number of hydrogen-bond acceptors (Lipinski definition) is 7. The summed E-state index contributed by atoms with van der Waals surface area (Å²) in [5.74, 6) is -0.363. The SMILES string of the molecule is CC1N2C[C@H](CC[C@H]2C(=O)NN2CCCCC2=O)N1OS(=O)(=O)O. The van der Waals surface area contributed by atoms with Crippen molar-refractivity contribution >= 4 is 22.2 Å². The van der Waals surface area contributed by atoms with Gasteiger partial charge in [-0.3, -0.25) is 29.5 Å². The molecule has 3 heterocycles. The van der Waals surface area contributed by atoms with Crippen LogP contribution in [-0.2, 0) is 24.3 Å². The number of rotatable bonds is 4. The molecule has 0 saturated carbocycles. The van der Waals surface area contributed by atoms with Crippen molar-refractivity contribution < 1.29 is 26.8 Å². The van der Waals surface area contributed by atoms with Crippen LogP contribution in [0, 0.1) is 0 Å². The Labute approximate surface area is 140 Å². The van der Waals surface area contributed by atoms with E-state index in [-0.39, 0.29) is 17.9 Å². The monoisotopic (exact) mass is 362 g/mol. The molecule has 4 atom stereocenters. The van der Waals surface area contributed by atoms with Crippen molar-refractivity contribution in [3.8, 4) is 0 Å². The number of amides is 2. The molecule has 3 rings (SSSR count). The van der Waals surface area contributed by atoms with Crippen LogP contribution in [-0.4, -0.2) is 71.1 Å². The Balaban J connectivity index is 1.66. The second-order valence-electron chi connectivity index (χ2n) is 6.42. The van der Waals surface area contributed by atoms with Crippen LogP contribution in [0.25, 0.3) is 0 Å². The molecule has 2 unspecified atom stereocenters. The van der Waals surface area contributed by atoms with Crippen LogP contribution in [0.15, 0.2) is 0 Å². The minimum atomic E-state index is -4.60. The van der Waals surface area contributed by atoms with Gasteiger partial charge >= 0.3 is 10.4 Å². The predicted octanol–water partition coefficient (Wildman–Crippen LogP) is -0.741. The highest BCUT2D eigenvalue weighted by Crippen LogP contribution is 2.33. The van der Waals surface area contributed by atoms with Gasteiger partial charge in [-0.2, -0.15) is 12.7 Å². The number of carbonyl (C=O) groups excluding carboxylic acids is 2. The quantitative estimate of drug-likeness (QED) is 0.628. The topological polar surface area (TPSA) is 119 Å². The zero-order chi connectivity index (χ0) is 17.5. The summed E-state index contributed by atoms with van der Waals surface area (Å²) in [4.78, 5) is 26.2. The van der Waals surface area contributed by atoms with Crippen LogP contribution in [0.3, 0.4) is 0 Å². The Morgan fingerprint density at radius 2 is 2.08 bits per heavy atom. The first kappa shape index (κ1) is 17.5. The molecule has 0 aromatic rings. The van der Waals surface area contributed by atoms with E-state index in [0.29, 0.717) is 32.4 Å². The molecule has 10 nitrogen and oxygen atoms in total. The first-order chi connectivity index (χ1) is 11.3. The molecule has 136 valence electrons. The molecule has 3 aliphatic heterocycles. The Bertz CT molecular complexity index is 626. The van der Waals surface area contributed by atoms with Crippen LogP contribution in [0.2, 0.25) is 0 Å². The standard InChI is InChI=1S/C13H22N4O6S/c1-9-15-8-10(17(9)23-24(20,21)22)5-6-11(15)13(19)14-16-7-3-2-4-12(16)18/h9-11H,2-8H2,1H3,(H,14,19)(H,20,21,22)/t9?,10-,11-/m0/s1. The predicted molar refractivity (Wildman–Crippen MR) is 81.2 cm³/mol. The van der Waals surface area contributed by atoms with Gasteiger partial charge in [-0.1, -0.05) is 0 Å². The number of hydrogen-bond donors (Lipinski definition) is 2. The number of piperidine rings is 2. The normalized spacial score (nSPS) is 34.4. The summed E-state index contributed by atoms with van der Waals surface area (Å²) in [6.07, 6.45) is 2.72. The van der Waals surface area contributed by atoms with Gasteiger partial charge in [0.2, 0.25) is 5.91 Å². The van der Waals surface area contributed by atoms with Gasteiger partial charge in [0.15, 0.2) is 0 Å². The van der Waals surface area contributed by atoms with Gasteiger partial charge in [0, 0.05) is 19.5 Å². The van der Waals surface area contributed by atoms with Crippen molar-refractivity contribution in [2.75, 3.05) is 13.1 Å². The summed E-state index contributed by atoms with van der Waals surface area (Å²) < 4.78 is 35.5. The lowest BCUT2D eigenvalue weighted by Gasteiger charge is -2.34. The van der Waals surface area contributed by atoms with Gasteiger partial charge in [0.05, 0.1) is 18.2 Å². The van der Waals surface area contributed by atoms with E-state index in [1.807, 2.05) is 4.90 Å². The van der Waals surface area contributed by atoms with Gasteiger partial charge in [-0.05, 0) is 32.6 Å². The van der Waals surface area contributed by atoms with E-state index >= 15 is 0 Å². The average Bonchev–Trinajstić information content (AvgIpc) is 2.73. The number of hydrazine groups is 1. The lowest BCUT2D eigenvalue weighted by molar-refractivity contribution is -0.147. The number of fused-ring (bicyclic) bond motifs is 2. The zero-order valence-corrected chi connectivity index (χ0v) is 14.2. The van der Waals surface area contributed by atoms with Crippen LogP contribution < -0.4 is 5.43 Å². The Morgan fingerprint density at radius 3 is 2.75 bits per heavy atom. The highest BCUT2D eigenvalue weighted by atomic mass is 32.3. The maximum atomic E-state index is 12.6. The minimum Gasteiger partial charge on any atom is -0.273 e. The smallest absolute Gasteiger partial charge is 0.273 e. The second-order valence-corrected chi connectivity index (χ2v) is 7.42. The highest BCUT2D eigenvalue weighted by molar-refractivity contribution is 7.80. The van der Waals surface area contributed by atoms with Crippen molar-refractivity contribution in [3.63, 3.8) is 0 Å². The molecule has 24 heavy (non-hydrogen) atoms. The third-order valence-corrected chi connectivity index (χ3v) is 5.22. The van der Waals surface area contributed by atoms with Gasteiger partial charge in [-0.25, -0.2) is 0 Å².